The maximum Gasteiger partial charge on any atom is 0.343 e. The highest BCUT2D eigenvalue weighted by molar-refractivity contribution is 5.88. The van der Waals surface area contributed by atoms with Gasteiger partial charge in [0.05, 0.1) is 5.69 Å². The molecule has 2 N–H and O–H groups in total. The fourth-order valence-corrected chi connectivity index (χ4v) is 1.23. The number of hydrogen-bond donors (Lipinski definition) is 2. The quantitative estimate of drug-likeness (QED) is 0.736. The summed E-state index contributed by atoms with van der Waals surface area (Å²) in [6.45, 7) is 5.22. The van der Waals surface area contributed by atoms with Gasteiger partial charge in [-0.15, -0.1) is 0 Å². The van der Waals surface area contributed by atoms with Gasteiger partial charge < -0.3 is 10.1 Å². The van der Waals surface area contributed by atoms with Gasteiger partial charge >= 0.3 is 5.97 Å². The van der Waals surface area contributed by atoms with Crippen LogP contribution in [-0.4, -0.2) is 21.0 Å². The Morgan fingerprint density at radius 1 is 1.50 bits per heavy atom. The van der Waals surface area contributed by atoms with Gasteiger partial charge in [0.2, 0.25) is 0 Å². The van der Waals surface area contributed by atoms with Gasteiger partial charge in [-0.05, 0) is 12.8 Å². The maximum atomic E-state index is 11.3. The number of nitrogens with one attached hydrogen (secondary N) is 1. The SMILES string of the molecule is Cc1nc(C(C)C)c(C(=O)O)c(=O)[nH]1. The topological polar surface area (TPSA) is 83.0 Å². The third-order valence-electron chi connectivity index (χ3n) is 1.83. The molecule has 0 aliphatic carbocycles. The predicted octanol–water partition coefficient (Wildman–Crippen LogP) is 0.900. The lowest BCUT2D eigenvalue weighted by molar-refractivity contribution is 0.0692. The highest BCUT2D eigenvalue weighted by Crippen LogP contribution is 2.13. The zero-order chi connectivity index (χ0) is 10.9. The van der Waals surface area contributed by atoms with Crippen molar-refractivity contribution in [2.75, 3.05) is 0 Å². The monoisotopic (exact) mass is 196 g/mol. The van der Waals surface area contributed by atoms with Crippen molar-refractivity contribution in [2.24, 2.45) is 0 Å². The van der Waals surface area contributed by atoms with Gasteiger partial charge in [0.15, 0.2) is 0 Å². The standard InChI is InChI=1S/C9H12N2O3/c1-4(2)7-6(9(13)14)8(12)11-5(3)10-7/h4H,1-3H3,(H,13,14)(H,10,11,12). The van der Waals surface area contributed by atoms with Crippen LogP contribution in [-0.2, 0) is 0 Å². The summed E-state index contributed by atoms with van der Waals surface area (Å²) < 4.78 is 0. The zero-order valence-corrected chi connectivity index (χ0v) is 8.29. The second-order valence-electron chi connectivity index (χ2n) is 3.37. The largest absolute Gasteiger partial charge is 0.477 e. The minimum absolute atomic E-state index is 0.0814. The summed E-state index contributed by atoms with van der Waals surface area (Å²) in [5.74, 6) is -0.881. The Bertz CT molecular complexity index is 421. The summed E-state index contributed by atoms with van der Waals surface area (Å²) in [7, 11) is 0. The minimum Gasteiger partial charge on any atom is -0.477 e. The van der Waals surface area contributed by atoms with E-state index in [0.717, 1.165) is 0 Å². The predicted molar refractivity (Wildman–Crippen MR) is 50.6 cm³/mol. The van der Waals surface area contributed by atoms with E-state index in [9.17, 15) is 9.59 Å². The number of carboxylic acids is 1. The molecule has 0 aliphatic heterocycles. The Hall–Kier alpha value is -1.65. The van der Waals surface area contributed by atoms with E-state index in [1.807, 2.05) is 0 Å². The fraction of sp³-hybridized carbons (Fsp3) is 0.444. The van der Waals surface area contributed by atoms with Gasteiger partial charge in [-0.3, -0.25) is 4.79 Å². The number of rotatable bonds is 2. The molecule has 0 saturated heterocycles. The first-order chi connectivity index (χ1) is 6.43. The summed E-state index contributed by atoms with van der Waals surface area (Å²) >= 11 is 0. The molecule has 0 aliphatic rings. The smallest absolute Gasteiger partial charge is 0.343 e. The molecule has 0 atom stereocenters. The third kappa shape index (κ3) is 1.81. The summed E-state index contributed by atoms with van der Waals surface area (Å²) in [5.41, 5.74) is -0.516. The van der Waals surface area contributed by atoms with Gasteiger partial charge in [-0.25, -0.2) is 9.78 Å². The molecule has 1 aromatic heterocycles. The van der Waals surface area contributed by atoms with Crippen molar-refractivity contribution < 1.29 is 9.90 Å². The molecule has 1 heterocycles. The van der Waals surface area contributed by atoms with Crippen LogP contribution < -0.4 is 5.56 Å². The molecule has 76 valence electrons. The highest BCUT2D eigenvalue weighted by atomic mass is 16.4. The summed E-state index contributed by atoms with van der Waals surface area (Å²) in [6, 6.07) is 0. The molecule has 14 heavy (non-hydrogen) atoms. The number of carbonyl (C=O) groups is 1. The van der Waals surface area contributed by atoms with Crippen LogP contribution in [0.1, 0.15) is 41.6 Å². The van der Waals surface area contributed by atoms with Crippen LogP contribution in [0.15, 0.2) is 4.79 Å². The highest BCUT2D eigenvalue weighted by Gasteiger charge is 2.19. The Balaban J connectivity index is 3.53. The second-order valence-corrected chi connectivity index (χ2v) is 3.37. The summed E-state index contributed by atoms with van der Waals surface area (Å²) in [5, 5.41) is 8.83. The van der Waals surface area contributed by atoms with E-state index in [2.05, 4.69) is 9.97 Å². The lowest BCUT2D eigenvalue weighted by Crippen LogP contribution is -2.23. The van der Waals surface area contributed by atoms with Crippen molar-refractivity contribution in [3.63, 3.8) is 0 Å². The average Bonchev–Trinajstić information content (AvgIpc) is 2.01. The molecule has 0 saturated carbocycles. The number of nitrogens with zero attached hydrogens (tertiary/aromatic N) is 1. The van der Waals surface area contributed by atoms with Crippen molar-refractivity contribution in [1.82, 2.24) is 9.97 Å². The lowest BCUT2D eigenvalue weighted by Gasteiger charge is -2.07. The van der Waals surface area contributed by atoms with Crippen molar-refractivity contribution in [2.45, 2.75) is 26.7 Å². The van der Waals surface area contributed by atoms with Crippen LogP contribution in [0.4, 0.5) is 0 Å². The van der Waals surface area contributed by atoms with Gasteiger partial charge in [-0.1, -0.05) is 13.8 Å². The molecule has 0 spiro atoms. The van der Waals surface area contributed by atoms with Crippen LogP contribution in [0, 0.1) is 6.92 Å². The molecule has 5 nitrogen and oxygen atoms in total. The first-order valence-corrected chi connectivity index (χ1v) is 4.27. The number of aromatic carboxylic acids is 1. The van der Waals surface area contributed by atoms with Gasteiger partial charge in [-0.2, -0.15) is 0 Å². The normalized spacial score (nSPS) is 10.6. The van der Waals surface area contributed by atoms with Crippen LogP contribution >= 0.6 is 0 Å². The second kappa shape index (κ2) is 3.61. The first kappa shape index (κ1) is 10.4. The first-order valence-electron chi connectivity index (χ1n) is 4.27. The lowest BCUT2D eigenvalue weighted by atomic mass is 10.1. The van der Waals surface area contributed by atoms with Crippen molar-refractivity contribution in [3.8, 4) is 0 Å². The van der Waals surface area contributed by atoms with E-state index in [-0.39, 0.29) is 11.5 Å². The number of H-pyrrole nitrogens is 1. The Labute approximate surface area is 80.8 Å². The van der Waals surface area contributed by atoms with Gasteiger partial charge in [0.1, 0.15) is 11.4 Å². The van der Waals surface area contributed by atoms with Crippen LogP contribution in [0.2, 0.25) is 0 Å². The Kier molecular flexibility index (Phi) is 2.69. The molecule has 1 rings (SSSR count). The number of aromatic nitrogens is 2. The summed E-state index contributed by atoms with van der Waals surface area (Å²) in [4.78, 5) is 28.5. The molecule has 1 aromatic rings. The number of hydrogen-bond acceptors (Lipinski definition) is 3. The van der Waals surface area contributed by atoms with Crippen molar-refractivity contribution >= 4 is 5.97 Å². The number of aryl methyl sites for hydroxylation is 1. The van der Waals surface area contributed by atoms with Crippen LogP contribution in [0.3, 0.4) is 0 Å². The van der Waals surface area contributed by atoms with E-state index in [1.54, 1.807) is 20.8 Å². The number of aromatic amines is 1. The summed E-state index contributed by atoms with van der Waals surface area (Å²) in [6.07, 6.45) is 0. The zero-order valence-electron chi connectivity index (χ0n) is 8.29. The van der Waals surface area contributed by atoms with Crippen LogP contribution in [0.25, 0.3) is 0 Å². The van der Waals surface area contributed by atoms with Gasteiger partial charge in [0.25, 0.3) is 5.56 Å². The van der Waals surface area contributed by atoms with Crippen LogP contribution in [0.5, 0.6) is 0 Å². The number of carboxylic acid groups (broad SMARTS) is 1. The molecule has 0 fully saturated rings. The molecule has 0 unspecified atom stereocenters. The van der Waals surface area contributed by atoms with E-state index in [1.165, 1.54) is 0 Å². The molecule has 5 heteroatoms. The molecular formula is C9H12N2O3. The third-order valence-corrected chi connectivity index (χ3v) is 1.83. The van der Waals surface area contributed by atoms with E-state index in [4.69, 9.17) is 5.11 Å². The van der Waals surface area contributed by atoms with Crippen molar-refractivity contribution in [1.29, 1.82) is 0 Å². The average molecular weight is 196 g/mol. The molecule has 0 aromatic carbocycles. The van der Waals surface area contributed by atoms with Gasteiger partial charge in [0, 0.05) is 0 Å². The minimum atomic E-state index is -1.23. The van der Waals surface area contributed by atoms with E-state index < -0.39 is 11.5 Å². The Morgan fingerprint density at radius 2 is 2.07 bits per heavy atom. The molecular weight excluding hydrogens is 184 g/mol. The van der Waals surface area contributed by atoms with E-state index >= 15 is 0 Å². The maximum absolute atomic E-state index is 11.3. The molecule has 0 radical (unpaired) electrons. The Morgan fingerprint density at radius 3 is 2.50 bits per heavy atom. The van der Waals surface area contributed by atoms with Crippen molar-refractivity contribution in [3.05, 3.63) is 27.4 Å². The van der Waals surface area contributed by atoms with E-state index in [0.29, 0.717) is 11.5 Å². The molecule has 0 bridgehead atoms. The molecule has 0 amide bonds. The fourth-order valence-electron chi connectivity index (χ4n) is 1.23.